The van der Waals surface area contributed by atoms with Crippen LogP contribution in [0.3, 0.4) is 0 Å². The van der Waals surface area contributed by atoms with Crippen LogP contribution in [0.1, 0.15) is 0 Å². The maximum absolute atomic E-state index is 12.3. The number of aromatic amines is 1. The fraction of sp³-hybridized carbons (Fsp3) is 0.118. The van der Waals surface area contributed by atoms with E-state index in [1.807, 2.05) is 18.2 Å². The van der Waals surface area contributed by atoms with Gasteiger partial charge in [0, 0.05) is 11.3 Å². The molecular weight excluding hydrogens is 280 g/mol. The minimum Gasteiger partial charge on any atom is -0.493 e. The van der Waals surface area contributed by atoms with Crippen LogP contribution in [0.5, 0.6) is 11.5 Å². The van der Waals surface area contributed by atoms with Gasteiger partial charge < -0.3 is 20.2 Å². The summed E-state index contributed by atoms with van der Waals surface area (Å²) in [4.78, 5) is 15.2. The SMILES string of the molecule is COc1ccc(-c2cc3ccc(N)cc3[nH]c2=O)cc1OC. The summed E-state index contributed by atoms with van der Waals surface area (Å²) in [7, 11) is 3.14. The van der Waals surface area contributed by atoms with Crippen LogP contribution >= 0.6 is 0 Å². The number of benzene rings is 2. The number of hydrogen-bond donors (Lipinski definition) is 2. The molecule has 0 atom stereocenters. The topological polar surface area (TPSA) is 77.3 Å². The summed E-state index contributed by atoms with van der Waals surface area (Å²) in [6.07, 6.45) is 0. The zero-order valence-corrected chi connectivity index (χ0v) is 12.3. The molecule has 0 fully saturated rings. The van der Waals surface area contributed by atoms with Gasteiger partial charge in [-0.1, -0.05) is 12.1 Å². The molecule has 0 saturated carbocycles. The largest absolute Gasteiger partial charge is 0.493 e. The number of H-pyrrole nitrogens is 1. The van der Waals surface area contributed by atoms with Gasteiger partial charge in [0.1, 0.15) is 0 Å². The molecule has 3 aromatic rings. The number of aromatic nitrogens is 1. The molecule has 112 valence electrons. The predicted molar refractivity (Wildman–Crippen MR) is 87.5 cm³/mol. The lowest BCUT2D eigenvalue weighted by Crippen LogP contribution is -2.09. The fourth-order valence-corrected chi connectivity index (χ4v) is 2.44. The number of nitrogen functional groups attached to an aromatic ring is 1. The number of nitrogens with one attached hydrogen (secondary N) is 1. The molecule has 0 aliphatic heterocycles. The summed E-state index contributed by atoms with van der Waals surface area (Å²) in [5.41, 5.74) is 8.22. The lowest BCUT2D eigenvalue weighted by Gasteiger charge is -2.10. The Bertz CT molecular complexity index is 900. The maximum Gasteiger partial charge on any atom is 0.256 e. The Labute approximate surface area is 127 Å². The Morgan fingerprint density at radius 1 is 0.955 bits per heavy atom. The molecule has 0 spiro atoms. The quantitative estimate of drug-likeness (QED) is 0.729. The van der Waals surface area contributed by atoms with Crippen molar-refractivity contribution in [1.82, 2.24) is 4.98 Å². The highest BCUT2D eigenvalue weighted by atomic mass is 16.5. The highest BCUT2D eigenvalue weighted by Gasteiger charge is 2.10. The maximum atomic E-state index is 12.3. The van der Waals surface area contributed by atoms with E-state index < -0.39 is 0 Å². The van der Waals surface area contributed by atoms with Gasteiger partial charge in [0.25, 0.3) is 5.56 Å². The van der Waals surface area contributed by atoms with E-state index in [1.165, 1.54) is 0 Å². The van der Waals surface area contributed by atoms with Crippen molar-refractivity contribution in [2.75, 3.05) is 20.0 Å². The third-order valence-electron chi connectivity index (χ3n) is 3.56. The summed E-state index contributed by atoms with van der Waals surface area (Å²) < 4.78 is 10.5. The van der Waals surface area contributed by atoms with Crippen LogP contribution in [0, 0.1) is 0 Å². The molecule has 0 amide bonds. The Morgan fingerprint density at radius 3 is 2.45 bits per heavy atom. The van der Waals surface area contributed by atoms with E-state index in [2.05, 4.69) is 4.98 Å². The number of ether oxygens (including phenoxy) is 2. The molecule has 0 aliphatic carbocycles. The molecular formula is C17H16N2O3. The van der Waals surface area contributed by atoms with Gasteiger partial charge >= 0.3 is 0 Å². The third kappa shape index (κ3) is 2.37. The molecule has 3 N–H and O–H groups in total. The van der Waals surface area contributed by atoms with E-state index in [-0.39, 0.29) is 5.56 Å². The molecule has 5 nitrogen and oxygen atoms in total. The normalized spacial score (nSPS) is 10.6. The molecule has 0 bridgehead atoms. The van der Waals surface area contributed by atoms with E-state index >= 15 is 0 Å². The molecule has 0 radical (unpaired) electrons. The second kappa shape index (κ2) is 5.44. The molecule has 1 aromatic heterocycles. The van der Waals surface area contributed by atoms with Gasteiger partial charge in [-0.15, -0.1) is 0 Å². The lowest BCUT2D eigenvalue weighted by molar-refractivity contribution is 0.355. The monoisotopic (exact) mass is 296 g/mol. The van der Waals surface area contributed by atoms with Crippen molar-refractivity contribution in [3.63, 3.8) is 0 Å². The second-order valence-corrected chi connectivity index (χ2v) is 4.93. The Kier molecular flexibility index (Phi) is 3.47. The third-order valence-corrected chi connectivity index (χ3v) is 3.56. The minimum absolute atomic E-state index is 0.176. The van der Waals surface area contributed by atoms with Gasteiger partial charge in [0.05, 0.1) is 19.7 Å². The average Bonchev–Trinajstić information content (AvgIpc) is 2.53. The van der Waals surface area contributed by atoms with Crippen LogP contribution in [-0.4, -0.2) is 19.2 Å². The van der Waals surface area contributed by atoms with Crippen LogP contribution in [0.2, 0.25) is 0 Å². The first-order valence-corrected chi connectivity index (χ1v) is 6.77. The number of nitrogens with two attached hydrogens (primary N) is 1. The average molecular weight is 296 g/mol. The zero-order chi connectivity index (χ0) is 15.7. The van der Waals surface area contributed by atoms with Crippen molar-refractivity contribution in [3.05, 3.63) is 52.8 Å². The smallest absolute Gasteiger partial charge is 0.256 e. The van der Waals surface area contributed by atoms with Crippen molar-refractivity contribution in [2.45, 2.75) is 0 Å². The van der Waals surface area contributed by atoms with E-state index in [4.69, 9.17) is 15.2 Å². The number of anilines is 1. The number of fused-ring (bicyclic) bond motifs is 1. The van der Waals surface area contributed by atoms with Crippen molar-refractivity contribution >= 4 is 16.6 Å². The fourth-order valence-electron chi connectivity index (χ4n) is 2.44. The van der Waals surface area contributed by atoms with Crippen molar-refractivity contribution in [2.24, 2.45) is 0 Å². The highest BCUT2D eigenvalue weighted by molar-refractivity contribution is 5.86. The summed E-state index contributed by atoms with van der Waals surface area (Å²) in [5, 5.41) is 0.915. The van der Waals surface area contributed by atoms with Crippen LogP contribution in [0.25, 0.3) is 22.0 Å². The first-order valence-electron chi connectivity index (χ1n) is 6.77. The highest BCUT2D eigenvalue weighted by Crippen LogP contribution is 2.31. The molecule has 1 heterocycles. The Hall–Kier alpha value is -2.95. The molecule has 22 heavy (non-hydrogen) atoms. The number of methoxy groups -OCH3 is 2. The minimum atomic E-state index is -0.176. The summed E-state index contributed by atoms with van der Waals surface area (Å²) in [5.74, 6) is 1.20. The summed E-state index contributed by atoms with van der Waals surface area (Å²) >= 11 is 0. The number of hydrogen-bond acceptors (Lipinski definition) is 4. The molecule has 0 saturated heterocycles. The Balaban J connectivity index is 2.19. The number of rotatable bonds is 3. The predicted octanol–water partition coefficient (Wildman–Crippen LogP) is 2.79. The molecule has 3 rings (SSSR count). The van der Waals surface area contributed by atoms with Crippen molar-refractivity contribution < 1.29 is 9.47 Å². The molecule has 5 heteroatoms. The van der Waals surface area contributed by atoms with E-state index in [1.54, 1.807) is 38.5 Å². The van der Waals surface area contributed by atoms with E-state index in [9.17, 15) is 4.79 Å². The van der Waals surface area contributed by atoms with Crippen molar-refractivity contribution in [1.29, 1.82) is 0 Å². The Morgan fingerprint density at radius 2 is 1.73 bits per heavy atom. The van der Waals surface area contributed by atoms with Gasteiger partial charge in [-0.2, -0.15) is 0 Å². The molecule has 0 unspecified atom stereocenters. The van der Waals surface area contributed by atoms with Gasteiger partial charge in [0.15, 0.2) is 11.5 Å². The number of pyridine rings is 1. The van der Waals surface area contributed by atoms with Crippen LogP contribution < -0.4 is 20.8 Å². The van der Waals surface area contributed by atoms with E-state index in [0.717, 1.165) is 10.9 Å². The van der Waals surface area contributed by atoms with Crippen LogP contribution in [-0.2, 0) is 0 Å². The van der Waals surface area contributed by atoms with E-state index in [0.29, 0.717) is 28.3 Å². The second-order valence-electron chi connectivity index (χ2n) is 4.93. The first-order chi connectivity index (χ1) is 10.6. The standard InChI is InChI=1S/C17H16N2O3/c1-21-15-6-4-10(8-16(15)22-2)13-7-11-3-5-12(18)9-14(11)19-17(13)20/h3-9H,18H2,1-2H3,(H,19,20). The summed E-state index contributed by atoms with van der Waals surface area (Å²) in [6, 6.07) is 12.7. The van der Waals surface area contributed by atoms with Gasteiger partial charge in [-0.3, -0.25) is 4.79 Å². The lowest BCUT2D eigenvalue weighted by atomic mass is 10.0. The van der Waals surface area contributed by atoms with Gasteiger partial charge in [0.2, 0.25) is 0 Å². The molecule has 0 aliphatic rings. The van der Waals surface area contributed by atoms with Gasteiger partial charge in [-0.05, 0) is 41.3 Å². The zero-order valence-electron chi connectivity index (χ0n) is 12.3. The first kappa shape index (κ1) is 14.0. The summed E-state index contributed by atoms with van der Waals surface area (Å²) in [6.45, 7) is 0. The van der Waals surface area contributed by atoms with Crippen molar-refractivity contribution in [3.8, 4) is 22.6 Å². The van der Waals surface area contributed by atoms with Crippen LogP contribution in [0.15, 0.2) is 47.3 Å². The van der Waals surface area contributed by atoms with Crippen LogP contribution in [0.4, 0.5) is 5.69 Å². The van der Waals surface area contributed by atoms with Gasteiger partial charge in [-0.25, -0.2) is 0 Å². The molecule has 2 aromatic carbocycles.